The van der Waals surface area contributed by atoms with Crippen molar-refractivity contribution < 1.29 is 0 Å². The molecule has 146 valence electrons. The number of aromatic nitrogens is 1. The van der Waals surface area contributed by atoms with Crippen molar-refractivity contribution in [1.82, 2.24) is 20.5 Å². The summed E-state index contributed by atoms with van der Waals surface area (Å²) in [6.45, 7) is 8.44. The molecule has 26 heavy (non-hydrogen) atoms. The largest absolute Gasteiger partial charge is 0.357 e. The maximum Gasteiger partial charge on any atom is 0.191 e. The van der Waals surface area contributed by atoms with Crippen LogP contribution in [-0.4, -0.2) is 54.1 Å². The van der Waals surface area contributed by atoms with Crippen LogP contribution in [0, 0.1) is 6.92 Å². The number of unbranched alkanes of at least 4 members (excludes halogenated alkanes) is 1. The third kappa shape index (κ3) is 5.95. The Morgan fingerprint density at radius 1 is 1.31 bits per heavy atom. The van der Waals surface area contributed by atoms with Crippen molar-refractivity contribution >= 4 is 17.3 Å². The maximum atomic E-state index is 4.79. The monoisotopic (exact) mass is 377 g/mol. The Morgan fingerprint density at radius 2 is 2.15 bits per heavy atom. The number of thiazole rings is 1. The number of hydrogen-bond donors (Lipinski definition) is 2. The predicted molar refractivity (Wildman–Crippen MR) is 111 cm³/mol. The lowest BCUT2D eigenvalue weighted by molar-refractivity contribution is 0.242. The second kappa shape index (κ2) is 10.3. The summed E-state index contributed by atoms with van der Waals surface area (Å²) in [5.74, 6) is 0.996. The minimum atomic E-state index is 0.548. The van der Waals surface area contributed by atoms with E-state index in [0.717, 1.165) is 50.0 Å². The first kappa shape index (κ1) is 19.6. The summed E-state index contributed by atoms with van der Waals surface area (Å²) in [7, 11) is 0. The summed E-state index contributed by atoms with van der Waals surface area (Å²) in [4.78, 5) is 12.0. The second-order valence-corrected chi connectivity index (χ2v) is 8.61. The topological polar surface area (TPSA) is 52.6 Å². The van der Waals surface area contributed by atoms with E-state index in [1.54, 1.807) is 11.3 Å². The number of guanidine groups is 1. The van der Waals surface area contributed by atoms with E-state index in [-0.39, 0.29) is 0 Å². The highest BCUT2D eigenvalue weighted by Crippen LogP contribution is 2.26. The molecular weight excluding hydrogens is 342 g/mol. The quantitative estimate of drug-likeness (QED) is 0.414. The van der Waals surface area contributed by atoms with E-state index in [1.807, 2.05) is 0 Å². The average molecular weight is 378 g/mol. The number of rotatable bonds is 8. The van der Waals surface area contributed by atoms with Crippen molar-refractivity contribution in [2.45, 2.75) is 77.3 Å². The van der Waals surface area contributed by atoms with E-state index in [4.69, 9.17) is 4.99 Å². The lowest BCUT2D eigenvalue weighted by Crippen LogP contribution is -2.45. The maximum absolute atomic E-state index is 4.79. The Kier molecular flexibility index (Phi) is 7.74. The van der Waals surface area contributed by atoms with Crippen LogP contribution in [0.5, 0.6) is 0 Å². The molecule has 2 N–H and O–H groups in total. The van der Waals surface area contributed by atoms with Crippen LogP contribution in [0.4, 0.5) is 0 Å². The normalized spacial score (nSPS) is 22.2. The number of aliphatic imine (C=N–C) groups is 1. The van der Waals surface area contributed by atoms with E-state index in [9.17, 15) is 0 Å². The lowest BCUT2D eigenvalue weighted by atomic mass is 10.2. The van der Waals surface area contributed by atoms with Gasteiger partial charge in [0.05, 0.1) is 5.01 Å². The summed E-state index contributed by atoms with van der Waals surface area (Å²) in [5, 5.41) is 10.5. The van der Waals surface area contributed by atoms with Crippen LogP contribution in [0.1, 0.15) is 62.6 Å². The predicted octanol–water partition coefficient (Wildman–Crippen LogP) is 3.35. The fourth-order valence-corrected chi connectivity index (χ4v) is 4.93. The Hall–Kier alpha value is -1.14. The third-order valence-electron chi connectivity index (χ3n) is 5.48. The molecule has 2 aliphatic rings. The van der Waals surface area contributed by atoms with Gasteiger partial charge in [-0.1, -0.05) is 12.8 Å². The Morgan fingerprint density at radius 3 is 2.88 bits per heavy atom. The van der Waals surface area contributed by atoms with Gasteiger partial charge < -0.3 is 10.6 Å². The molecule has 1 atom stereocenters. The summed E-state index contributed by atoms with van der Waals surface area (Å²) >= 11 is 1.78. The molecule has 0 aromatic carbocycles. The molecule has 1 aromatic rings. The zero-order chi connectivity index (χ0) is 18.2. The molecule has 1 aliphatic heterocycles. The molecule has 1 saturated heterocycles. The number of aryl methyl sites for hydroxylation is 2. The fraction of sp³-hybridized carbons (Fsp3) is 0.800. The Labute approximate surface area is 162 Å². The van der Waals surface area contributed by atoms with Gasteiger partial charge in [0.25, 0.3) is 0 Å². The van der Waals surface area contributed by atoms with Crippen LogP contribution >= 0.6 is 11.3 Å². The van der Waals surface area contributed by atoms with Crippen LogP contribution in [0.15, 0.2) is 10.4 Å². The molecule has 0 amide bonds. The van der Waals surface area contributed by atoms with Gasteiger partial charge >= 0.3 is 0 Å². The minimum absolute atomic E-state index is 0.548. The van der Waals surface area contributed by atoms with Crippen molar-refractivity contribution in [2.24, 2.45) is 4.99 Å². The highest BCUT2D eigenvalue weighted by atomic mass is 32.1. The van der Waals surface area contributed by atoms with Gasteiger partial charge in [0.2, 0.25) is 0 Å². The number of hydrogen-bond acceptors (Lipinski definition) is 4. The van der Waals surface area contributed by atoms with Gasteiger partial charge in [-0.15, -0.1) is 11.3 Å². The van der Waals surface area contributed by atoms with Crippen LogP contribution in [-0.2, 0) is 6.42 Å². The van der Waals surface area contributed by atoms with Gasteiger partial charge in [-0.2, -0.15) is 0 Å². The molecule has 2 heterocycles. The van der Waals surface area contributed by atoms with E-state index in [1.165, 1.54) is 50.2 Å². The summed E-state index contributed by atoms with van der Waals surface area (Å²) in [5.41, 5.74) is 1.14. The van der Waals surface area contributed by atoms with Crippen LogP contribution in [0.2, 0.25) is 0 Å². The Bertz CT molecular complexity index is 564. The average Bonchev–Trinajstić information content (AvgIpc) is 3.36. The smallest absolute Gasteiger partial charge is 0.191 e. The summed E-state index contributed by atoms with van der Waals surface area (Å²) in [6.07, 6.45) is 10.2. The zero-order valence-corrected chi connectivity index (χ0v) is 17.3. The molecule has 1 unspecified atom stereocenters. The molecule has 1 aromatic heterocycles. The summed E-state index contributed by atoms with van der Waals surface area (Å²) < 4.78 is 0. The molecule has 3 rings (SSSR count). The fourth-order valence-electron chi connectivity index (χ4n) is 4.12. The van der Waals surface area contributed by atoms with Gasteiger partial charge in [-0.25, -0.2) is 4.98 Å². The molecule has 0 bridgehead atoms. The molecule has 6 heteroatoms. The van der Waals surface area contributed by atoms with E-state index in [0.29, 0.717) is 6.04 Å². The van der Waals surface area contributed by atoms with Crippen molar-refractivity contribution in [3.05, 3.63) is 16.1 Å². The van der Waals surface area contributed by atoms with Gasteiger partial charge in [0, 0.05) is 49.3 Å². The van der Waals surface area contributed by atoms with Gasteiger partial charge in [0.1, 0.15) is 0 Å². The molecule has 2 fully saturated rings. The molecular formula is C20H35N5S. The van der Waals surface area contributed by atoms with Gasteiger partial charge in [0.15, 0.2) is 5.96 Å². The van der Waals surface area contributed by atoms with Crippen molar-refractivity contribution in [1.29, 1.82) is 0 Å². The highest BCUT2D eigenvalue weighted by molar-refractivity contribution is 7.09. The minimum Gasteiger partial charge on any atom is -0.357 e. The SMILES string of the molecule is CCNC(=NCCCCc1nc(C)cs1)NC1CCN(C2CCCC2)C1. The van der Waals surface area contributed by atoms with Crippen LogP contribution < -0.4 is 10.6 Å². The molecule has 5 nitrogen and oxygen atoms in total. The summed E-state index contributed by atoms with van der Waals surface area (Å²) in [6, 6.07) is 1.39. The van der Waals surface area contributed by atoms with Crippen molar-refractivity contribution in [3.8, 4) is 0 Å². The highest BCUT2D eigenvalue weighted by Gasteiger charge is 2.30. The zero-order valence-electron chi connectivity index (χ0n) is 16.5. The number of nitrogens with zero attached hydrogens (tertiary/aromatic N) is 3. The second-order valence-electron chi connectivity index (χ2n) is 7.66. The van der Waals surface area contributed by atoms with Crippen molar-refractivity contribution in [2.75, 3.05) is 26.2 Å². The first-order valence-electron chi connectivity index (χ1n) is 10.4. The lowest BCUT2D eigenvalue weighted by Gasteiger charge is -2.24. The number of likely N-dealkylation sites (tertiary alicyclic amines) is 1. The molecule has 1 saturated carbocycles. The van der Waals surface area contributed by atoms with Gasteiger partial charge in [-0.3, -0.25) is 9.89 Å². The third-order valence-corrected chi connectivity index (χ3v) is 6.51. The standard InChI is InChI=1S/C20H35N5S/c1-3-21-20(22-12-7-6-10-19-23-16(2)15-26-19)24-17-11-13-25(14-17)18-8-4-5-9-18/h15,17-18H,3-14H2,1-2H3,(H2,21,22,24). The van der Waals surface area contributed by atoms with E-state index < -0.39 is 0 Å². The molecule has 0 spiro atoms. The van der Waals surface area contributed by atoms with Gasteiger partial charge in [-0.05, 0) is 52.4 Å². The first-order chi connectivity index (χ1) is 12.7. The van der Waals surface area contributed by atoms with E-state index >= 15 is 0 Å². The molecule has 1 aliphatic carbocycles. The molecule has 0 radical (unpaired) electrons. The Balaban J connectivity index is 1.38. The van der Waals surface area contributed by atoms with Crippen LogP contribution in [0.25, 0.3) is 0 Å². The number of nitrogens with one attached hydrogen (secondary N) is 2. The van der Waals surface area contributed by atoms with Crippen LogP contribution in [0.3, 0.4) is 0 Å². The van der Waals surface area contributed by atoms with E-state index in [2.05, 4.69) is 39.7 Å². The first-order valence-corrected chi connectivity index (χ1v) is 11.3. The van der Waals surface area contributed by atoms with Crippen molar-refractivity contribution in [3.63, 3.8) is 0 Å².